The lowest BCUT2D eigenvalue weighted by atomic mass is 9.98. The molecule has 2 N–H and O–H groups in total. The summed E-state index contributed by atoms with van der Waals surface area (Å²) in [7, 11) is 4.21. The molecule has 3 unspecified atom stereocenters. The van der Waals surface area contributed by atoms with Crippen LogP contribution in [0.1, 0.15) is 46.5 Å². The Kier molecular flexibility index (Phi) is 5.42. The second-order valence-electron chi connectivity index (χ2n) is 6.23. The van der Waals surface area contributed by atoms with Crippen LogP contribution in [0.4, 0.5) is 0 Å². The molecule has 0 aliphatic heterocycles. The van der Waals surface area contributed by atoms with Gasteiger partial charge in [0.1, 0.15) is 0 Å². The topological polar surface area (TPSA) is 35.5 Å². The normalized spacial score (nSPS) is 31.4. The lowest BCUT2D eigenvalue weighted by molar-refractivity contribution is 0.136. The average Bonchev–Trinajstić information content (AvgIpc) is 2.72. The Morgan fingerprint density at radius 2 is 2.06 bits per heavy atom. The Morgan fingerprint density at radius 3 is 2.47 bits per heavy atom. The second-order valence-corrected chi connectivity index (χ2v) is 6.23. The highest BCUT2D eigenvalue weighted by atomic mass is 16.3. The van der Waals surface area contributed by atoms with Crippen molar-refractivity contribution < 1.29 is 5.11 Å². The quantitative estimate of drug-likeness (QED) is 0.746. The molecule has 1 aliphatic rings. The fraction of sp³-hybridized carbons (Fsp3) is 1.00. The lowest BCUT2D eigenvalue weighted by Crippen LogP contribution is -2.46. The van der Waals surface area contributed by atoms with Crippen molar-refractivity contribution in [3.8, 4) is 0 Å². The molecule has 0 bridgehead atoms. The summed E-state index contributed by atoms with van der Waals surface area (Å²) in [6.07, 6.45) is 4.60. The molecule has 0 aromatic heterocycles. The van der Waals surface area contributed by atoms with E-state index in [1.807, 2.05) is 7.05 Å². The molecule has 0 spiro atoms. The van der Waals surface area contributed by atoms with Crippen molar-refractivity contribution in [2.75, 3.05) is 20.7 Å². The SMILES string of the molecule is CNC1(CO)CCC(N(C)C(C)CC(C)C)C1. The fourth-order valence-electron chi connectivity index (χ4n) is 3.10. The summed E-state index contributed by atoms with van der Waals surface area (Å²) in [6, 6.07) is 1.25. The molecule has 1 fully saturated rings. The number of likely N-dealkylation sites (N-methyl/N-ethyl adjacent to an activating group) is 1. The molecule has 0 aromatic carbocycles. The number of aliphatic hydroxyl groups excluding tert-OH is 1. The fourth-order valence-corrected chi connectivity index (χ4v) is 3.10. The molecule has 1 aliphatic carbocycles. The van der Waals surface area contributed by atoms with Crippen molar-refractivity contribution in [1.29, 1.82) is 0 Å². The summed E-state index contributed by atoms with van der Waals surface area (Å²) in [5.74, 6) is 0.751. The van der Waals surface area contributed by atoms with Gasteiger partial charge in [0.25, 0.3) is 0 Å². The number of aliphatic hydroxyl groups is 1. The van der Waals surface area contributed by atoms with Crippen LogP contribution in [0.2, 0.25) is 0 Å². The minimum atomic E-state index is -0.0313. The van der Waals surface area contributed by atoms with Gasteiger partial charge in [-0.1, -0.05) is 13.8 Å². The van der Waals surface area contributed by atoms with E-state index < -0.39 is 0 Å². The largest absolute Gasteiger partial charge is 0.394 e. The van der Waals surface area contributed by atoms with E-state index in [2.05, 4.69) is 38.0 Å². The van der Waals surface area contributed by atoms with Gasteiger partial charge < -0.3 is 15.3 Å². The number of nitrogens with zero attached hydrogens (tertiary/aromatic N) is 1. The van der Waals surface area contributed by atoms with Gasteiger partial charge in [-0.25, -0.2) is 0 Å². The smallest absolute Gasteiger partial charge is 0.0613 e. The Bertz CT molecular complexity index is 226. The Morgan fingerprint density at radius 1 is 1.41 bits per heavy atom. The maximum atomic E-state index is 9.52. The Balaban J connectivity index is 2.52. The molecule has 3 atom stereocenters. The monoisotopic (exact) mass is 242 g/mol. The molecule has 102 valence electrons. The van der Waals surface area contributed by atoms with Crippen molar-refractivity contribution in [2.45, 2.75) is 64.1 Å². The second kappa shape index (κ2) is 6.17. The zero-order valence-electron chi connectivity index (χ0n) is 12.2. The van der Waals surface area contributed by atoms with E-state index in [1.54, 1.807) is 0 Å². The number of nitrogens with one attached hydrogen (secondary N) is 1. The predicted octanol–water partition coefficient (Wildman–Crippen LogP) is 1.86. The molecule has 17 heavy (non-hydrogen) atoms. The van der Waals surface area contributed by atoms with Crippen LogP contribution >= 0.6 is 0 Å². The molecular formula is C14H30N2O. The Hall–Kier alpha value is -0.120. The van der Waals surface area contributed by atoms with Crippen molar-refractivity contribution >= 4 is 0 Å². The summed E-state index contributed by atoms with van der Waals surface area (Å²) in [5, 5.41) is 12.8. The molecule has 1 saturated carbocycles. The first-order chi connectivity index (χ1) is 7.94. The molecule has 3 nitrogen and oxygen atoms in total. The first-order valence-electron chi connectivity index (χ1n) is 6.96. The summed E-state index contributed by atoms with van der Waals surface area (Å²) < 4.78 is 0. The van der Waals surface area contributed by atoms with Crippen LogP contribution in [0.15, 0.2) is 0 Å². The third-order valence-corrected chi connectivity index (χ3v) is 4.50. The van der Waals surface area contributed by atoms with E-state index in [0.29, 0.717) is 12.1 Å². The first-order valence-corrected chi connectivity index (χ1v) is 6.96. The summed E-state index contributed by atoms with van der Waals surface area (Å²) in [5.41, 5.74) is -0.0313. The zero-order valence-corrected chi connectivity index (χ0v) is 12.2. The molecular weight excluding hydrogens is 212 g/mol. The first kappa shape index (κ1) is 14.9. The molecule has 1 rings (SSSR count). The predicted molar refractivity (Wildman–Crippen MR) is 73.2 cm³/mol. The van der Waals surface area contributed by atoms with E-state index in [0.717, 1.165) is 18.8 Å². The highest BCUT2D eigenvalue weighted by Crippen LogP contribution is 2.33. The highest BCUT2D eigenvalue weighted by Gasteiger charge is 2.39. The number of hydrogen-bond acceptors (Lipinski definition) is 3. The van der Waals surface area contributed by atoms with Gasteiger partial charge in [-0.15, -0.1) is 0 Å². The van der Waals surface area contributed by atoms with Crippen molar-refractivity contribution in [1.82, 2.24) is 10.2 Å². The maximum Gasteiger partial charge on any atom is 0.0613 e. The molecule has 0 radical (unpaired) electrons. The van der Waals surface area contributed by atoms with Gasteiger partial charge in [0.15, 0.2) is 0 Å². The van der Waals surface area contributed by atoms with Gasteiger partial charge in [0, 0.05) is 17.6 Å². The van der Waals surface area contributed by atoms with Crippen LogP contribution < -0.4 is 5.32 Å². The molecule has 0 heterocycles. The molecule has 0 amide bonds. The van der Waals surface area contributed by atoms with E-state index in [9.17, 15) is 5.11 Å². The summed E-state index contributed by atoms with van der Waals surface area (Å²) >= 11 is 0. The Labute approximate surface area is 107 Å². The number of hydrogen-bond donors (Lipinski definition) is 2. The van der Waals surface area contributed by atoms with Crippen molar-refractivity contribution in [3.63, 3.8) is 0 Å². The third-order valence-electron chi connectivity index (χ3n) is 4.50. The maximum absolute atomic E-state index is 9.52. The lowest BCUT2D eigenvalue weighted by Gasteiger charge is -2.33. The van der Waals surface area contributed by atoms with E-state index in [-0.39, 0.29) is 12.1 Å². The summed E-state index contributed by atoms with van der Waals surface area (Å²) in [6.45, 7) is 7.14. The minimum Gasteiger partial charge on any atom is -0.394 e. The van der Waals surface area contributed by atoms with Crippen LogP contribution in [-0.2, 0) is 0 Å². The molecule has 3 heteroatoms. The van der Waals surface area contributed by atoms with Gasteiger partial charge in [0.05, 0.1) is 6.61 Å². The van der Waals surface area contributed by atoms with Crippen LogP contribution in [0.5, 0.6) is 0 Å². The van der Waals surface area contributed by atoms with Crippen LogP contribution in [0.25, 0.3) is 0 Å². The van der Waals surface area contributed by atoms with Crippen LogP contribution in [0.3, 0.4) is 0 Å². The van der Waals surface area contributed by atoms with Crippen molar-refractivity contribution in [3.05, 3.63) is 0 Å². The molecule has 0 saturated heterocycles. The van der Waals surface area contributed by atoms with Gasteiger partial charge in [-0.05, 0) is 52.6 Å². The van der Waals surface area contributed by atoms with Gasteiger partial charge >= 0.3 is 0 Å². The average molecular weight is 242 g/mol. The number of rotatable bonds is 6. The standard InChI is InChI=1S/C14H30N2O/c1-11(2)8-12(3)16(5)13-6-7-14(9-13,10-17)15-4/h11-13,15,17H,6-10H2,1-5H3. The zero-order chi connectivity index (χ0) is 13.1. The van der Waals surface area contributed by atoms with Gasteiger partial charge in [-0.2, -0.15) is 0 Å². The minimum absolute atomic E-state index is 0.0313. The summed E-state index contributed by atoms with van der Waals surface area (Å²) in [4.78, 5) is 2.51. The van der Waals surface area contributed by atoms with E-state index in [4.69, 9.17) is 0 Å². The highest BCUT2D eigenvalue weighted by molar-refractivity contribution is 4.98. The van der Waals surface area contributed by atoms with Gasteiger partial charge in [0.2, 0.25) is 0 Å². The molecule has 0 aromatic rings. The van der Waals surface area contributed by atoms with Crippen LogP contribution in [0, 0.1) is 5.92 Å². The van der Waals surface area contributed by atoms with Gasteiger partial charge in [-0.3, -0.25) is 0 Å². The van der Waals surface area contributed by atoms with Crippen molar-refractivity contribution in [2.24, 2.45) is 5.92 Å². The van der Waals surface area contributed by atoms with E-state index in [1.165, 1.54) is 12.8 Å². The third kappa shape index (κ3) is 3.67. The van der Waals surface area contributed by atoms with E-state index >= 15 is 0 Å². The van der Waals surface area contributed by atoms with Crippen LogP contribution in [-0.4, -0.2) is 48.3 Å².